The SMILES string of the molecule is Nc1cccc2c1N(C(=O)c1ccccn1)CC2. The lowest BCUT2D eigenvalue weighted by Gasteiger charge is -2.18. The van der Waals surface area contributed by atoms with Gasteiger partial charge in [-0.05, 0) is 30.2 Å². The first-order chi connectivity index (χ1) is 8.77. The number of rotatable bonds is 1. The number of anilines is 2. The molecular weight excluding hydrogens is 226 g/mol. The fraction of sp³-hybridized carbons (Fsp3) is 0.143. The maximum Gasteiger partial charge on any atom is 0.276 e. The van der Waals surface area contributed by atoms with E-state index in [4.69, 9.17) is 5.73 Å². The minimum atomic E-state index is -0.0905. The number of fused-ring (bicyclic) bond motifs is 1. The van der Waals surface area contributed by atoms with Crippen molar-refractivity contribution in [1.29, 1.82) is 0 Å². The van der Waals surface area contributed by atoms with Gasteiger partial charge in [0, 0.05) is 12.7 Å². The van der Waals surface area contributed by atoms with Gasteiger partial charge in [0.05, 0.1) is 11.4 Å². The lowest BCUT2D eigenvalue weighted by Crippen LogP contribution is -2.30. The lowest BCUT2D eigenvalue weighted by molar-refractivity contribution is 0.0984. The van der Waals surface area contributed by atoms with E-state index in [2.05, 4.69) is 4.98 Å². The first-order valence-electron chi connectivity index (χ1n) is 5.87. The average Bonchev–Trinajstić information content (AvgIpc) is 2.84. The number of hydrogen-bond donors (Lipinski definition) is 1. The Kier molecular flexibility index (Phi) is 2.48. The zero-order valence-electron chi connectivity index (χ0n) is 9.84. The van der Waals surface area contributed by atoms with Crippen molar-refractivity contribution in [3.63, 3.8) is 0 Å². The molecule has 0 radical (unpaired) electrons. The highest BCUT2D eigenvalue weighted by molar-refractivity contribution is 6.07. The average molecular weight is 239 g/mol. The molecule has 0 unspecified atom stereocenters. The molecule has 1 aromatic heterocycles. The molecule has 0 spiro atoms. The van der Waals surface area contributed by atoms with Crippen molar-refractivity contribution in [1.82, 2.24) is 4.98 Å². The van der Waals surface area contributed by atoms with E-state index in [9.17, 15) is 4.79 Å². The molecule has 2 heterocycles. The molecule has 2 N–H and O–H groups in total. The van der Waals surface area contributed by atoms with E-state index in [0.717, 1.165) is 17.7 Å². The second kappa shape index (κ2) is 4.14. The molecule has 0 saturated carbocycles. The largest absolute Gasteiger partial charge is 0.397 e. The number of carbonyl (C=O) groups is 1. The fourth-order valence-electron chi connectivity index (χ4n) is 2.32. The van der Waals surface area contributed by atoms with Gasteiger partial charge in [-0.3, -0.25) is 9.78 Å². The fourth-order valence-corrected chi connectivity index (χ4v) is 2.32. The van der Waals surface area contributed by atoms with Crippen LogP contribution < -0.4 is 10.6 Å². The van der Waals surface area contributed by atoms with Crippen LogP contribution in [0.2, 0.25) is 0 Å². The Labute approximate surface area is 105 Å². The molecule has 18 heavy (non-hydrogen) atoms. The monoisotopic (exact) mass is 239 g/mol. The topological polar surface area (TPSA) is 59.2 Å². The van der Waals surface area contributed by atoms with Crippen molar-refractivity contribution >= 4 is 17.3 Å². The predicted molar refractivity (Wildman–Crippen MR) is 70.5 cm³/mol. The number of nitrogens with two attached hydrogens (primary N) is 1. The highest BCUT2D eigenvalue weighted by Gasteiger charge is 2.27. The highest BCUT2D eigenvalue weighted by atomic mass is 16.2. The third kappa shape index (κ3) is 1.62. The second-order valence-electron chi connectivity index (χ2n) is 4.28. The van der Waals surface area contributed by atoms with E-state index in [1.54, 1.807) is 23.2 Å². The second-order valence-corrected chi connectivity index (χ2v) is 4.28. The van der Waals surface area contributed by atoms with Gasteiger partial charge in [-0.2, -0.15) is 0 Å². The Bertz CT molecular complexity index is 595. The Balaban J connectivity index is 2.00. The summed E-state index contributed by atoms with van der Waals surface area (Å²) in [5.74, 6) is -0.0905. The maximum absolute atomic E-state index is 12.4. The molecule has 1 amide bonds. The zero-order chi connectivity index (χ0) is 12.5. The number of nitrogens with zero attached hydrogens (tertiary/aromatic N) is 2. The Morgan fingerprint density at radius 1 is 1.22 bits per heavy atom. The van der Waals surface area contributed by atoms with Gasteiger partial charge < -0.3 is 10.6 Å². The van der Waals surface area contributed by atoms with Gasteiger partial charge in [0.25, 0.3) is 5.91 Å². The minimum absolute atomic E-state index is 0.0905. The summed E-state index contributed by atoms with van der Waals surface area (Å²) in [5.41, 5.74) is 9.03. The number of hydrogen-bond acceptors (Lipinski definition) is 3. The molecule has 4 nitrogen and oxygen atoms in total. The number of carbonyl (C=O) groups excluding carboxylic acids is 1. The van der Waals surface area contributed by atoms with Crippen LogP contribution in [0.1, 0.15) is 16.1 Å². The van der Waals surface area contributed by atoms with Crippen LogP contribution in [0.5, 0.6) is 0 Å². The van der Waals surface area contributed by atoms with Crippen LogP contribution in [0.3, 0.4) is 0 Å². The van der Waals surface area contributed by atoms with Crippen LogP contribution in [0, 0.1) is 0 Å². The maximum atomic E-state index is 12.4. The molecule has 0 aliphatic carbocycles. The van der Waals surface area contributed by atoms with Gasteiger partial charge in [0.2, 0.25) is 0 Å². The van der Waals surface area contributed by atoms with Gasteiger partial charge >= 0.3 is 0 Å². The summed E-state index contributed by atoms with van der Waals surface area (Å²) in [6.07, 6.45) is 2.47. The van der Waals surface area contributed by atoms with Crippen LogP contribution >= 0.6 is 0 Å². The van der Waals surface area contributed by atoms with E-state index in [-0.39, 0.29) is 5.91 Å². The van der Waals surface area contributed by atoms with Crippen molar-refractivity contribution in [2.45, 2.75) is 6.42 Å². The molecule has 1 aliphatic rings. The van der Waals surface area contributed by atoms with E-state index < -0.39 is 0 Å². The smallest absolute Gasteiger partial charge is 0.276 e. The summed E-state index contributed by atoms with van der Waals surface area (Å²) < 4.78 is 0. The molecule has 1 aromatic carbocycles. The van der Waals surface area contributed by atoms with Crippen LogP contribution in [0.15, 0.2) is 42.6 Å². The Morgan fingerprint density at radius 3 is 2.89 bits per heavy atom. The van der Waals surface area contributed by atoms with Gasteiger partial charge in [0.1, 0.15) is 5.69 Å². The molecule has 2 aromatic rings. The van der Waals surface area contributed by atoms with E-state index in [1.165, 1.54) is 0 Å². The van der Waals surface area contributed by atoms with Crippen LogP contribution in [0.25, 0.3) is 0 Å². The quantitative estimate of drug-likeness (QED) is 0.773. The van der Waals surface area contributed by atoms with E-state index >= 15 is 0 Å². The zero-order valence-corrected chi connectivity index (χ0v) is 9.84. The molecule has 0 fully saturated rings. The standard InChI is InChI=1S/C14H13N3O/c15-11-5-3-4-10-7-9-17(13(10)11)14(18)12-6-1-2-8-16-12/h1-6,8H,7,9,15H2. The summed E-state index contributed by atoms with van der Waals surface area (Å²) >= 11 is 0. The molecule has 4 heteroatoms. The van der Waals surface area contributed by atoms with Crippen molar-refractivity contribution in [3.05, 3.63) is 53.9 Å². The Hall–Kier alpha value is -2.36. The molecule has 1 aliphatic heterocycles. The third-order valence-corrected chi connectivity index (χ3v) is 3.15. The van der Waals surface area contributed by atoms with Crippen LogP contribution in [-0.4, -0.2) is 17.4 Å². The lowest BCUT2D eigenvalue weighted by atomic mass is 10.1. The van der Waals surface area contributed by atoms with Crippen molar-refractivity contribution in [3.8, 4) is 0 Å². The number of para-hydroxylation sites is 1. The number of benzene rings is 1. The van der Waals surface area contributed by atoms with Crippen LogP contribution in [0.4, 0.5) is 11.4 Å². The number of pyridine rings is 1. The summed E-state index contributed by atoms with van der Waals surface area (Å²) in [4.78, 5) is 18.2. The molecule has 0 bridgehead atoms. The summed E-state index contributed by atoms with van der Waals surface area (Å²) in [5, 5.41) is 0. The third-order valence-electron chi connectivity index (χ3n) is 3.15. The highest BCUT2D eigenvalue weighted by Crippen LogP contribution is 2.34. The normalized spacial score (nSPS) is 13.4. The summed E-state index contributed by atoms with van der Waals surface area (Å²) in [7, 11) is 0. The minimum Gasteiger partial charge on any atom is -0.397 e. The number of nitrogen functional groups attached to an aromatic ring is 1. The molecule has 90 valence electrons. The first kappa shape index (κ1) is 10.8. The van der Waals surface area contributed by atoms with Crippen molar-refractivity contribution in [2.24, 2.45) is 0 Å². The molecule has 0 saturated heterocycles. The van der Waals surface area contributed by atoms with Gasteiger partial charge in [0.15, 0.2) is 0 Å². The summed E-state index contributed by atoms with van der Waals surface area (Å²) in [6.45, 7) is 0.666. The Morgan fingerprint density at radius 2 is 2.11 bits per heavy atom. The van der Waals surface area contributed by atoms with E-state index in [0.29, 0.717) is 17.9 Å². The summed E-state index contributed by atoms with van der Waals surface area (Å²) in [6, 6.07) is 11.1. The molecular formula is C14H13N3O. The van der Waals surface area contributed by atoms with Gasteiger partial charge in [-0.15, -0.1) is 0 Å². The number of aromatic nitrogens is 1. The van der Waals surface area contributed by atoms with Gasteiger partial charge in [-0.25, -0.2) is 0 Å². The number of amides is 1. The predicted octanol–water partition coefficient (Wildman–Crippen LogP) is 1.87. The van der Waals surface area contributed by atoms with E-state index in [1.807, 2.05) is 24.3 Å². The van der Waals surface area contributed by atoms with Gasteiger partial charge in [-0.1, -0.05) is 18.2 Å². The molecule has 0 atom stereocenters. The van der Waals surface area contributed by atoms with Crippen LogP contribution in [-0.2, 0) is 6.42 Å². The first-order valence-corrected chi connectivity index (χ1v) is 5.87. The van der Waals surface area contributed by atoms with Crippen molar-refractivity contribution < 1.29 is 4.79 Å². The molecule has 3 rings (SSSR count). The van der Waals surface area contributed by atoms with Crippen molar-refractivity contribution in [2.75, 3.05) is 17.2 Å².